The Labute approximate surface area is 185 Å². The molecule has 1 aliphatic rings. The summed E-state index contributed by atoms with van der Waals surface area (Å²) in [6, 6.07) is 11.8. The first-order valence-electron chi connectivity index (χ1n) is 10.3. The number of Topliss-reactive ketones (excluding diaryl/α,β-unsaturated/α-hetero) is 2. The largest absolute Gasteiger partial charge is 0.297 e. The quantitative estimate of drug-likeness (QED) is 0.417. The monoisotopic (exact) mass is 434 g/mol. The van der Waals surface area contributed by atoms with E-state index in [4.69, 9.17) is 11.6 Å². The van der Waals surface area contributed by atoms with Crippen molar-refractivity contribution in [1.29, 1.82) is 0 Å². The van der Waals surface area contributed by atoms with E-state index in [0.717, 1.165) is 17.6 Å². The van der Waals surface area contributed by atoms with Crippen LogP contribution < -0.4 is 5.56 Å². The Balaban J connectivity index is 1.69. The molecule has 158 valence electrons. The molecule has 1 heterocycles. The van der Waals surface area contributed by atoms with E-state index < -0.39 is 6.04 Å². The number of allylic oxidation sites excluding steroid dienone is 1. The summed E-state index contributed by atoms with van der Waals surface area (Å²) in [5.74, 6) is 0.505. The normalized spacial score (nSPS) is 16.6. The highest BCUT2D eigenvalue weighted by atomic mass is 35.5. The molecule has 3 aromatic rings. The van der Waals surface area contributed by atoms with Crippen LogP contribution in [0.3, 0.4) is 0 Å². The topological polar surface area (TPSA) is 69.0 Å². The first-order chi connectivity index (χ1) is 14.8. The molecule has 1 atom stereocenters. The lowest BCUT2D eigenvalue weighted by Crippen LogP contribution is -2.35. The third kappa shape index (κ3) is 4.23. The zero-order chi connectivity index (χ0) is 22.1. The Kier molecular flexibility index (Phi) is 5.88. The Morgan fingerprint density at radius 2 is 1.94 bits per heavy atom. The van der Waals surface area contributed by atoms with E-state index in [0.29, 0.717) is 46.6 Å². The molecule has 5 nitrogen and oxygen atoms in total. The zero-order valence-corrected chi connectivity index (χ0v) is 18.1. The van der Waals surface area contributed by atoms with Gasteiger partial charge in [0.2, 0.25) is 0 Å². The van der Waals surface area contributed by atoms with Gasteiger partial charge in [0.05, 0.1) is 16.9 Å². The highest BCUT2D eigenvalue weighted by Crippen LogP contribution is 2.28. The number of hydrogen-bond acceptors (Lipinski definition) is 4. The Hall–Kier alpha value is -3.05. The van der Waals surface area contributed by atoms with Gasteiger partial charge < -0.3 is 0 Å². The predicted octanol–water partition coefficient (Wildman–Crippen LogP) is 5.02. The van der Waals surface area contributed by atoms with Crippen LogP contribution in [-0.4, -0.2) is 21.1 Å². The van der Waals surface area contributed by atoms with Crippen LogP contribution >= 0.6 is 11.6 Å². The molecule has 1 aromatic heterocycles. The molecule has 6 heteroatoms. The maximum absolute atomic E-state index is 13.5. The van der Waals surface area contributed by atoms with Crippen molar-refractivity contribution in [3.63, 3.8) is 0 Å². The van der Waals surface area contributed by atoms with E-state index in [-0.39, 0.29) is 23.5 Å². The van der Waals surface area contributed by atoms with Crippen molar-refractivity contribution in [2.75, 3.05) is 0 Å². The molecular formula is C25H23ClN2O3. The number of rotatable bonds is 5. The lowest BCUT2D eigenvalue weighted by molar-refractivity contribution is -0.122. The molecule has 2 aromatic carbocycles. The Morgan fingerprint density at radius 3 is 2.65 bits per heavy atom. The first kappa shape index (κ1) is 21.2. The van der Waals surface area contributed by atoms with Gasteiger partial charge in [0.25, 0.3) is 5.56 Å². The number of benzene rings is 2. The maximum atomic E-state index is 13.5. The average molecular weight is 435 g/mol. The van der Waals surface area contributed by atoms with Gasteiger partial charge in [0.1, 0.15) is 5.82 Å². The molecule has 1 unspecified atom stereocenters. The molecule has 0 aliphatic heterocycles. The minimum absolute atomic E-state index is 0.00185. The van der Waals surface area contributed by atoms with Crippen LogP contribution in [0.25, 0.3) is 10.9 Å². The molecule has 0 saturated heterocycles. The van der Waals surface area contributed by atoms with E-state index >= 15 is 0 Å². The second kappa shape index (κ2) is 8.60. The maximum Gasteiger partial charge on any atom is 0.262 e. The van der Waals surface area contributed by atoms with Crippen molar-refractivity contribution in [1.82, 2.24) is 9.55 Å². The number of carbonyl (C=O) groups excluding carboxylic acids is 2. The number of aromatic nitrogens is 2. The summed E-state index contributed by atoms with van der Waals surface area (Å²) in [5.41, 5.74) is 2.62. The molecule has 31 heavy (non-hydrogen) atoms. The fourth-order valence-corrected chi connectivity index (χ4v) is 4.38. The first-order valence-corrected chi connectivity index (χ1v) is 10.7. The van der Waals surface area contributed by atoms with Crippen molar-refractivity contribution < 1.29 is 9.59 Å². The minimum Gasteiger partial charge on any atom is -0.297 e. The Morgan fingerprint density at radius 1 is 1.19 bits per heavy atom. The number of fused-ring (bicyclic) bond motifs is 1. The van der Waals surface area contributed by atoms with Gasteiger partial charge in [0.15, 0.2) is 11.6 Å². The third-order valence-corrected chi connectivity index (χ3v) is 6.11. The van der Waals surface area contributed by atoms with E-state index in [1.807, 2.05) is 12.1 Å². The number of carbonyl (C=O) groups is 2. The molecular weight excluding hydrogens is 412 g/mol. The van der Waals surface area contributed by atoms with Crippen LogP contribution in [0.15, 0.2) is 59.4 Å². The third-order valence-electron chi connectivity index (χ3n) is 5.86. The standard InChI is InChI=1S/C25H23ClN2O3/c1-15-6-12-21(23(30)14-15)28-16(2)27-20-5-3-4-18(24(20)25(28)31)9-13-22(29)17-7-10-19(26)11-8-17/h3-5,7-8,10-11,21H,1,6,9,12-14H2,2H3. The van der Waals surface area contributed by atoms with Gasteiger partial charge in [-0.25, -0.2) is 4.98 Å². The van der Waals surface area contributed by atoms with E-state index in [9.17, 15) is 14.4 Å². The van der Waals surface area contributed by atoms with E-state index in [1.54, 1.807) is 37.3 Å². The van der Waals surface area contributed by atoms with Gasteiger partial charge in [-0.1, -0.05) is 35.9 Å². The van der Waals surface area contributed by atoms with Crippen molar-refractivity contribution in [3.8, 4) is 0 Å². The number of ketones is 2. The molecule has 0 N–H and O–H groups in total. The second-order valence-electron chi connectivity index (χ2n) is 8.02. The lowest BCUT2D eigenvalue weighted by Gasteiger charge is -2.26. The summed E-state index contributed by atoms with van der Waals surface area (Å²) >= 11 is 5.90. The van der Waals surface area contributed by atoms with Gasteiger partial charge in [-0.2, -0.15) is 0 Å². The van der Waals surface area contributed by atoms with Crippen molar-refractivity contribution in [2.24, 2.45) is 0 Å². The van der Waals surface area contributed by atoms with Crippen LogP contribution in [0.5, 0.6) is 0 Å². The summed E-state index contributed by atoms with van der Waals surface area (Å²) < 4.78 is 1.53. The van der Waals surface area contributed by atoms with Crippen molar-refractivity contribution in [3.05, 3.63) is 86.9 Å². The van der Waals surface area contributed by atoms with Crippen molar-refractivity contribution in [2.45, 2.75) is 45.1 Å². The predicted molar refractivity (Wildman–Crippen MR) is 122 cm³/mol. The molecule has 0 bridgehead atoms. The molecule has 0 amide bonds. The van der Waals surface area contributed by atoms with E-state index in [1.165, 1.54) is 4.57 Å². The summed E-state index contributed by atoms with van der Waals surface area (Å²) in [7, 11) is 0. The van der Waals surface area contributed by atoms with Crippen LogP contribution in [0.1, 0.15) is 53.5 Å². The van der Waals surface area contributed by atoms with Crippen LogP contribution in [0.4, 0.5) is 0 Å². The van der Waals surface area contributed by atoms with E-state index in [2.05, 4.69) is 11.6 Å². The number of hydrogen-bond donors (Lipinski definition) is 0. The number of halogens is 1. The van der Waals surface area contributed by atoms with Crippen LogP contribution in [-0.2, 0) is 11.2 Å². The van der Waals surface area contributed by atoms with Gasteiger partial charge in [-0.3, -0.25) is 19.0 Å². The summed E-state index contributed by atoms with van der Waals surface area (Å²) in [6.45, 7) is 5.67. The van der Waals surface area contributed by atoms with Crippen molar-refractivity contribution >= 4 is 34.1 Å². The highest BCUT2D eigenvalue weighted by Gasteiger charge is 2.28. The fraction of sp³-hybridized carbons (Fsp3) is 0.280. The fourth-order valence-electron chi connectivity index (χ4n) is 4.25. The molecule has 0 spiro atoms. The number of aryl methyl sites for hydroxylation is 2. The van der Waals surface area contributed by atoms with Gasteiger partial charge in [-0.15, -0.1) is 0 Å². The molecule has 1 aliphatic carbocycles. The Bertz CT molecular complexity index is 1260. The van der Waals surface area contributed by atoms with Crippen LogP contribution in [0.2, 0.25) is 5.02 Å². The molecule has 1 saturated carbocycles. The number of nitrogens with zero attached hydrogens (tertiary/aromatic N) is 2. The highest BCUT2D eigenvalue weighted by molar-refractivity contribution is 6.30. The van der Waals surface area contributed by atoms with Gasteiger partial charge in [0, 0.05) is 23.4 Å². The zero-order valence-electron chi connectivity index (χ0n) is 17.4. The molecule has 1 fully saturated rings. The summed E-state index contributed by atoms with van der Waals surface area (Å²) in [6.07, 6.45) is 2.25. The molecule has 4 rings (SSSR count). The summed E-state index contributed by atoms with van der Waals surface area (Å²) in [4.78, 5) is 43.3. The van der Waals surface area contributed by atoms with Crippen LogP contribution in [0, 0.1) is 6.92 Å². The smallest absolute Gasteiger partial charge is 0.262 e. The minimum atomic E-state index is -0.515. The summed E-state index contributed by atoms with van der Waals surface area (Å²) in [5, 5.41) is 1.06. The lowest BCUT2D eigenvalue weighted by atomic mass is 9.90. The van der Waals surface area contributed by atoms with Gasteiger partial charge >= 0.3 is 0 Å². The average Bonchev–Trinajstić information content (AvgIpc) is 2.73. The SMILES string of the molecule is C=C1CCC(n2c(C)nc3cccc(CCC(=O)c4ccc(Cl)cc4)c3c2=O)C(=O)C1. The van der Waals surface area contributed by atoms with Gasteiger partial charge in [-0.05, 0) is 62.1 Å². The molecule has 0 radical (unpaired) electrons. The second-order valence-corrected chi connectivity index (χ2v) is 8.46.